The van der Waals surface area contributed by atoms with E-state index in [0.29, 0.717) is 0 Å². The quantitative estimate of drug-likeness (QED) is 0.731. The fraction of sp³-hybridized carbons (Fsp3) is 1.00. The molecule has 0 aromatic carbocycles. The van der Waals surface area contributed by atoms with Crippen LogP contribution < -0.4 is 5.73 Å². The third-order valence-electron chi connectivity index (χ3n) is 4.72. The Balaban J connectivity index is 1.85. The molecular formula is C13H25N. The average molecular weight is 195 g/mol. The summed E-state index contributed by atoms with van der Waals surface area (Å²) >= 11 is 0. The molecule has 2 fully saturated rings. The Labute approximate surface area is 88.4 Å². The van der Waals surface area contributed by atoms with Crippen molar-refractivity contribution in [2.75, 3.05) is 0 Å². The van der Waals surface area contributed by atoms with E-state index in [-0.39, 0.29) is 5.54 Å². The number of nitrogens with two attached hydrogens (primary N) is 1. The third kappa shape index (κ3) is 1.71. The topological polar surface area (TPSA) is 26.0 Å². The Kier molecular flexibility index (Phi) is 2.88. The Bertz CT molecular complexity index is 201. The van der Waals surface area contributed by atoms with Crippen molar-refractivity contribution in [1.29, 1.82) is 0 Å². The predicted octanol–water partition coefficient (Wildman–Crippen LogP) is 3.33. The highest BCUT2D eigenvalue weighted by Gasteiger charge is 2.55. The van der Waals surface area contributed by atoms with Crippen molar-refractivity contribution < 1.29 is 0 Å². The molecule has 4 unspecified atom stereocenters. The average Bonchev–Trinajstić information content (AvgIpc) is 2.69. The van der Waals surface area contributed by atoms with Crippen molar-refractivity contribution in [1.82, 2.24) is 0 Å². The molecule has 0 amide bonds. The van der Waals surface area contributed by atoms with Crippen LogP contribution in [0.1, 0.15) is 58.8 Å². The molecule has 0 heterocycles. The van der Waals surface area contributed by atoms with E-state index in [2.05, 4.69) is 13.8 Å². The molecule has 1 heteroatoms. The first-order chi connectivity index (χ1) is 6.70. The molecule has 4 atom stereocenters. The highest BCUT2D eigenvalue weighted by Crippen LogP contribution is 2.55. The largest absolute Gasteiger partial charge is 0.325 e. The van der Waals surface area contributed by atoms with Crippen molar-refractivity contribution >= 4 is 0 Å². The van der Waals surface area contributed by atoms with Crippen LogP contribution in [0.25, 0.3) is 0 Å². The summed E-state index contributed by atoms with van der Waals surface area (Å²) < 4.78 is 0. The van der Waals surface area contributed by atoms with Crippen LogP contribution in [0.2, 0.25) is 0 Å². The van der Waals surface area contributed by atoms with Gasteiger partial charge in [0.15, 0.2) is 0 Å². The molecular weight excluding hydrogens is 170 g/mol. The predicted molar refractivity (Wildman–Crippen MR) is 61.1 cm³/mol. The summed E-state index contributed by atoms with van der Waals surface area (Å²) in [4.78, 5) is 0. The zero-order chi connectivity index (χ0) is 10.2. The molecule has 2 rings (SSSR count). The summed E-state index contributed by atoms with van der Waals surface area (Å²) in [7, 11) is 0. The van der Waals surface area contributed by atoms with Gasteiger partial charge in [0, 0.05) is 5.54 Å². The Morgan fingerprint density at radius 2 is 2.07 bits per heavy atom. The first-order valence-electron chi connectivity index (χ1n) is 6.49. The lowest BCUT2D eigenvalue weighted by Gasteiger charge is -2.20. The zero-order valence-corrected chi connectivity index (χ0v) is 9.76. The van der Waals surface area contributed by atoms with E-state index in [1.165, 1.54) is 44.9 Å². The molecule has 0 bridgehead atoms. The van der Waals surface area contributed by atoms with Crippen LogP contribution in [0.5, 0.6) is 0 Å². The van der Waals surface area contributed by atoms with Gasteiger partial charge in [-0.05, 0) is 43.4 Å². The standard InChI is InChI=1S/C13H25N/c1-3-5-12-9-13(12,14)11-7-6-10(4-2)8-11/h10-12H,3-9,14H2,1-2H3. The molecule has 2 N–H and O–H groups in total. The van der Waals surface area contributed by atoms with Gasteiger partial charge in [-0.15, -0.1) is 0 Å². The molecule has 0 radical (unpaired) electrons. The molecule has 0 aromatic heterocycles. The van der Waals surface area contributed by atoms with E-state index in [9.17, 15) is 0 Å². The summed E-state index contributed by atoms with van der Waals surface area (Å²) in [5.74, 6) is 2.72. The van der Waals surface area contributed by atoms with Crippen molar-refractivity contribution in [3.63, 3.8) is 0 Å². The third-order valence-corrected chi connectivity index (χ3v) is 4.72. The minimum atomic E-state index is 0.278. The zero-order valence-electron chi connectivity index (χ0n) is 9.76. The van der Waals surface area contributed by atoms with Gasteiger partial charge in [-0.2, -0.15) is 0 Å². The lowest BCUT2D eigenvalue weighted by atomic mass is 9.91. The van der Waals surface area contributed by atoms with Gasteiger partial charge in [0.25, 0.3) is 0 Å². The van der Waals surface area contributed by atoms with Crippen molar-refractivity contribution in [2.24, 2.45) is 23.5 Å². The second kappa shape index (κ2) is 3.84. The summed E-state index contributed by atoms with van der Waals surface area (Å²) in [6.07, 6.45) is 9.64. The number of rotatable bonds is 4. The highest BCUT2D eigenvalue weighted by atomic mass is 14.9. The van der Waals surface area contributed by atoms with Gasteiger partial charge in [0.2, 0.25) is 0 Å². The molecule has 82 valence electrons. The van der Waals surface area contributed by atoms with Gasteiger partial charge in [0.05, 0.1) is 0 Å². The van der Waals surface area contributed by atoms with Crippen LogP contribution in [-0.2, 0) is 0 Å². The normalized spacial score (nSPS) is 46.9. The number of hydrogen-bond acceptors (Lipinski definition) is 1. The monoisotopic (exact) mass is 195 g/mol. The summed E-state index contributed by atoms with van der Waals surface area (Å²) in [5.41, 5.74) is 6.78. The van der Waals surface area contributed by atoms with Crippen LogP contribution in [0.4, 0.5) is 0 Å². The maximum Gasteiger partial charge on any atom is 0.0215 e. The minimum absolute atomic E-state index is 0.278. The van der Waals surface area contributed by atoms with Crippen LogP contribution >= 0.6 is 0 Å². The molecule has 1 nitrogen and oxygen atoms in total. The maximum absolute atomic E-state index is 6.50. The highest BCUT2D eigenvalue weighted by molar-refractivity contribution is 5.12. The number of hydrogen-bond donors (Lipinski definition) is 1. The molecule has 0 saturated heterocycles. The molecule has 14 heavy (non-hydrogen) atoms. The van der Waals surface area contributed by atoms with E-state index >= 15 is 0 Å². The summed E-state index contributed by atoms with van der Waals surface area (Å²) in [6, 6.07) is 0. The van der Waals surface area contributed by atoms with Crippen LogP contribution in [-0.4, -0.2) is 5.54 Å². The fourth-order valence-corrected chi connectivity index (χ4v) is 3.52. The SMILES string of the molecule is CCCC1CC1(N)C1CCC(CC)C1. The van der Waals surface area contributed by atoms with E-state index in [4.69, 9.17) is 5.73 Å². The van der Waals surface area contributed by atoms with Gasteiger partial charge in [0.1, 0.15) is 0 Å². The van der Waals surface area contributed by atoms with Gasteiger partial charge in [-0.1, -0.05) is 33.1 Å². The van der Waals surface area contributed by atoms with Crippen molar-refractivity contribution in [3.8, 4) is 0 Å². The minimum Gasteiger partial charge on any atom is -0.325 e. The second-order valence-electron chi connectivity index (χ2n) is 5.59. The molecule has 0 aliphatic heterocycles. The Morgan fingerprint density at radius 3 is 2.64 bits per heavy atom. The fourth-order valence-electron chi connectivity index (χ4n) is 3.52. The first-order valence-corrected chi connectivity index (χ1v) is 6.49. The maximum atomic E-state index is 6.50. The van der Waals surface area contributed by atoms with E-state index in [0.717, 1.165) is 17.8 Å². The van der Waals surface area contributed by atoms with E-state index in [1.807, 2.05) is 0 Å². The Hall–Kier alpha value is -0.0400. The molecule has 2 aliphatic rings. The molecule has 2 aliphatic carbocycles. The molecule has 0 spiro atoms. The van der Waals surface area contributed by atoms with Gasteiger partial charge >= 0.3 is 0 Å². The van der Waals surface area contributed by atoms with Gasteiger partial charge in [-0.3, -0.25) is 0 Å². The lowest BCUT2D eigenvalue weighted by molar-refractivity contribution is 0.361. The smallest absolute Gasteiger partial charge is 0.0215 e. The summed E-state index contributed by atoms with van der Waals surface area (Å²) in [5, 5.41) is 0. The lowest BCUT2D eigenvalue weighted by Crippen LogP contribution is -2.33. The first kappa shape index (κ1) is 10.5. The van der Waals surface area contributed by atoms with Crippen LogP contribution in [0, 0.1) is 17.8 Å². The van der Waals surface area contributed by atoms with Gasteiger partial charge < -0.3 is 5.73 Å². The summed E-state index contributed by atoms with van der Waals surface area (Å²) in [6.45, 7) is 4.61. The van der Waals surface area contributed by atoms with E-state index in [1.54, 1.807) is 0 Å². The van der Waals surface area contributed by atoms with Crippen molar-refractivity contribution in [3.05, 3.63) is 0 Å². The van der Waals surface area contributed by atoms with Crippen molar-refractivity contribution in [2.45, 2.75) is 64.3 Å². The second-order valence-corrected chi connectivity index (χ2v) is 5.59. The van der Waals surface area contributed by atoms with Crippen LogP contribution in [0.3, 0.4) is 0 Å². The Morgan fingerprint density at radius 1 is 1.29 bits per heavy atom. The van der Waals surface area contributed by atoms with Gasteiger partial charge in [-0.25, -0.2) is 0 Å². The molecule has 0 aromatic rings. The molecule has 2 saturated carbocycles. The van der Waals surface area contributed by atoms with Crippen LogP contribution in [0.15, 0.2) is 0 Å². The van der Waals surface area contributed by atoms with E-state index < -0.39 is 0 Å².